The Morgan fingerprint density at radius 2 is 1.79 bits per heavy atom. The summed E-state index contributed by atoms with van der Waals surface area (Å²) in [4.78, 5) is 26.8. The average molecular weight is 363 g/mol. The van der Waals surface area contributed by atoms with Gasteiger partial charge in [0, 0.05) is 25.6 Å². The summed E-state index contributed by atoms with van der Waals surface area (Å²) < 4.78 is 0. The minimum absolute atomic E-state index is 0.182. The lowest BCUT2D eigenvalue weighted by Crippen LogP contribution is -2.51. The molecule has 0 radical (unpaired) electrons. The zero-order chi connectivity index (χ0) is 17.3. The van der Waals surface area contributed by atoms with Gasteiger partial charge in [0.1, 0.15) is 6.04 Å². The van der Waals surface area contributed by atoms with Gasteiger partial charge in [0.05, 0.1) is 10.0 Å². The molecule has 6 heteroatoms. The van der Waals surface area contributed by atoms with Crippen LogP contribution >= 0.6 is 23.2 Å². The quantitative estimate of drug-likeness (QED) is 0.890. The maximum Gasteiger partial charge on any atom is 0.254 e. The molecule has 1 N–H and O–H groups in total. The van der Waals surface area contributed by atoms with Crippen LogP contribution in [0.1, 0.15) is 21.5 Å². The van der Waals surface area contributed by atoms with E-state index in [1.807, 2.05) is 24.3 Å². The Balaban J connectivity index is 1.98. The number of hydrogen-bond acceptors (Lipinski definition) is 2. The third-order valence-corrected chi connectivity index (χ3v) is 4.96. The van der Waals surface area contributed by atoms with Gasteiger partial charge in [-0.1, -0.05) is 47.5 Å². The van der Waals surface area contributed by atoms with Crippen LogP contribution in [0, 0.1) is 0 Å². The highest BCUT2D eigenvalue weighted by molar-refractivity contribution is 6.42. The van der Waals surface area contributed by atoms with Crippen LogP contribution in [0.3, 0.4) is 0 Å². The van der Waals surface area contributed by atoms with Gasteiger partial charge in [-0.2, -0.15) is 0 Å². The highest BCUT2D eigenvalue weighted by atomic mass is 35.5. The third-order valence-electron chi connectivity index (χ3n) is 4.23. The van der Waals surface area contributed by atoms with E-state index < -0.39 is 6.04 Å². The molecule has 3 rings (SSSR count). The number of carbonyl (C=O) groups excluding carboxylic acids is 2. The zero-order valence-corrected chi connectivity index (χ0v) is 14.6. The molecule has 0 saturated carbocycles. The first kappa shape index (κ1) is 16.8. The van der Waals surface area contributed by atoms with E-state index >= 15 is 0 Å². The van der Waals surface area contributed by atoms with Crippen LogP contribution in [-0.4, -0.2) is 29.8 Å². The van der Waals surface area contributed by atoms with Gasteiger partial charge < -0.3 is 10.2 Å². The summed E-state index contributed by atoms with van der Waals surface area (Å²) in [6.45, 7) is 0.382. The number of benzene rings is 2. The number of hydrogen-bond donors (Lipinski definition) is 1. The van der Waals surface area contributed by atoms with Gasteiger partial charge in [-0.15, -0.1) is 0 Å². The first-order valence-electron chi connectivity index (χ1n) is 7.55. The van der Waals surface area contributed by atoms with Crippen LogP contribution in [-0.2, 0) is 17.8 Å². The summed E-state index contributed by atoms with van der Waals surface area (Å²) in [6, 6.07) is 12.0. The number of nitrogens with one attached hydrogen (secondary N) is 1. The van der Waals surface area contributed by atoms with Gasteiger partial charge in [0.2, 0.25) is 5.91 Å². The highest BCUT2D eigenvalue weighted by Crippen LogP contribution is 2.27. The number of amides is 2. The van der Waals surface area contributed by atoms with Crippen molar-refractivity contribution >= 4 is 35.0 Å². The molecule has 0 aromatic heterocycles. The lowest BCUT2D eigenvalue weighted by molar-refractivity contribution is -0.125. The van der Waals surface area contributed by atoms with Crippen molar-refractivity contribution in [2.24, 2.45) is 0 Å². The summed E-state index contributed by atoms with van der Waals surface area (Å²) in [7, 11) is 1.57. The van der Waals surface area contributed by atoms with Crippen LogP contribution in [0.2, 0.25) is 10.0 Å². The second kappa shape index (κ2) is 6.83. The van der Waals surface area contributed by atoms with Crippen molar-refractivity contribution < 1.29 is 9.59 Å². The molecule has 124 valence electrons. The Bertz CT molecular complexity index is 807. The molecule has 4 nitrogen and oxygen atoms in total. The van der Waals surface area contributed by atoms with Gasteiger partial charge in [-0.25, -0.2) is 0 Å². The smallest absolute Gasteiger partial charge is 0.254 e. The summed E-state index contributed by atoms with van der Waals surface area (Å²) in [6.07, 6.45) is 0.489. The first-order chi connectivity index (χ1) is 11.5. The fourth-order valence-corrected chi connectivity index (χ4v) is 3.23. The van der Waals surface area contributed by atoms with Crippen molar-refractivity contribution in [1.29, 1.82) is 0 Å². The fourth-order valence-electron chi connectivity index (χ4n) is 2.93. The minimum Gasteiger partial charge on any atom is -0.357 e. The third kappa shape index (κ3) is 3.12. The molecule has 2 aromatic rings. The molecule has 1 heterocycles. The lowest BCUT2D eigenvalue weighted by atomic mass is 9.93. The molecular formula is C18H16Cl2N2O2. The molecule has 1 atom stereocenters. The molecule has 0 bridgehead atoms. The molecule has 24 heavy (non-hydrogen) atoms. The van der Waals surface area contributed by atoms with E-state index in [4.69, 9.17) is 23.2 Å². The number of rotatable bonds is 2. The van der Waals surface area contributed by atoms with E-state index in [2.05, 4.69) is 5.32 Å². The standard InChI is InChI=1S/C18H16Cl2N2O2/c1-21-17(23)16-9-11-4-2-3-5-13(11)10-22(16)18(24)12-6-7-14(19)15(20)8-12/h2-8,16H,9-10H2,1H3,(H,21,23)/t16-/m0/s1. The monoisotopic (exact) mass is 362 g/mol. The van der Waals surface area contributed by atoms with E-state index in [0.717, 1.165) is 11.1 Å². The molecular weight excluding hydrogens is 347 g/mol. The molecule has 0 spiro atoms. The first-order valence-corrected chi connectivity index (χ1v) is 8.31. The van der Waals surface area contributed by atoms with E-state index in [9.17, 15) is 9.59 Å². The van der Waals surface area contributed by atoms with Gasteiger partial charge in [0.25, 0.3) is 5.91 Å². The molecule has 0 aliphatic carbocycles. The second-order valence-electron chi connectivity index (χ2n) is 5.66. The van der Waals surface area contributed by atoms with Gasteiger partial charge in [-0.05, 0) is 29.3 Å². The molecule has 2 aromatic carbocycles. The van der Waals surface area contributed by atoms with Crippen LogP contribution in [0.5, 0.6) is 0 Å². The summed E-state index contributed by atoms with van der Waals surface area (Å²) in [5, 5.41) is 3.35. The number of halogens is 2. The topological polar surface area (TPSA) is 49.4 Å². The predicted octanol–water partition coefficient (Wildman–Crippen LogP) is 3.31. The Hall–Kier alpha value is -2.04. The fraction of sp³-hybridized carbons (Fsp3) is 0.222. The zero-order valence-electron chi connectivity index (χ0n) is 13.1. The lowest BCUT2D eigenvalue weighted by Gasteiger charge is -2.36. The van der Waals surface area contributed by atoms with E-state index in [1.165, 1.54) is 6.07 Å². The van der Waals surface area contributed by atoms with E-state index in [1.54, 1.807) is 24.1 Å². The molecule has 0 saturated heterocycles. The minimum atomic E-state index is -0.549. The number of likely N-dealkylation sites (N-methyl/N-ethyl adjacent to an activating group) is 1. The Morgan fingerprint density at radius 3 is 2.46 bits per heavy atom. The van der Waals surface area contributed by atoms with Crippen molar-refractivity contribution in [3.05, 3.63) is 69.2 Å². The normalized spacial score (nSPS) is 16.5. The Labute approximate surface area is 150 Å². The predicted molar refractivity (Wildman–Crippen MR) is 94.3 cm³/mol. The van der Waals surface area contributed by atoms with Crippen molar-refractivity contribution in [3.8, 4) is 0 Å². The molecule has 0 fully saturated rings. The van der Waals surface area contributed by atoms with Crippen LogP contribution < -0.4 is 5.32 Å². The van der Waals surface area contributed by atoms with Crippen molar-refractivity contribution in [2.75, 3.05) is 7.05 Å². The van der Waals surface area contributed by atoms with Crippen LogP contribution in [0.4, 0.5) is 0 Å². The number of nitrogens with zero attached hydrogens (tertiary/aromatic N) is 1. The highest BCUT2D eigenvalue weighted by Gasteiger charge is 2.34. The molecule has 0 unspecified atom stereocenters. The van der Waals surface area contributed by atoms with Crippen molar-refractivity contribution in [2.45, 2.75) is 19.0 Å². The van der Waals surface area contributed by atoms with Crippen LogP contribution in [0.15, 0.2) is 42.5 Å². The van der Waals surface area contributed by atoms with Crippen molar-refractivity contribution in [1.82, 2.24) is 10.2 Å². The van der Waals surface area contributed by atoms with E-state index in [0.29, 0.717) is 28.6 Å². The number of carbonyl (C=O) groups is 2. The summed E-state index contributed by atoms with van der Waals surface area (Å²) in [5.41, 5.74) is 2.55. The molecule has 1 aliphatic rings. The van der Waals surface area contributed by atoms with Crippen molar-refractivity contribution in [3.63, 3.8) is 0 Å². The summed E-state index contributed by atoms with van der Waals surface area (Å²) in [5.74, 6) is -0.422. The largest absolute Gasteiger partial charge is 0.357 e. The summed E-state index contributed by atoms with van der Waals surface area (Å²) >= 11 is 11.9. The SMILES string of the molecule is CNC(=O)[C@@H]1Cc2ccccc2CN1C(=O)c1ccc(Cl)c(Cl)c1. The maximum atomic E-state index is 12.9. The Morgan fingerprint density at radius 1 is 1.08 bits per heavy atom. The van der Waals surface area contributed by atoms with Gasteiger partial charge in [0.15, 0.2) is 0 Å². The molecule has 1 aliphatic heterocycles. The Kier molecular flexibility index (Phi) is 4.78. The number of fused-ring (bicyclic) bond motifs is 1. The van der Waals surface area contributed by atoms with Crippen LogP contribution in [0.25, 0.3) is 0 Å². The average Bonchev–Trinajstić information content (AvgIpc) is 2.61. The van der Waals surface area contributed by atoms with E-state index in [-0.39, 0.29) is 11.8 Å². The second-order valence-corrected chi connectivity index (χ2v) is 6.48. The van der Waals surface area contributed by atoms with Gasteiger partial charge in [-0.3, -0.25) is 9.59 Å². The van der Waals surface area contributed by atoms with Gasteiger partial charge >= 0.3 is 0 Å². The maximum absolute atomic E-state index is 12.9. The molecule has 2 amide bonds.